The molecule has 1 amide bonds. The van der Waals surface area contributed by atoms with Crippen molar-refractivity contribution in [1.29, 1.82) is 0 Å². The number of nitrogens with one attached hydrogen (secondary N) is 1. The number of ether oxygens (including phenoxy) is 1. The number of pyridine rings is 1. The molecule has 4 rings (SSSR count). The van der Waals surface area contributed by atoms with Crippen molar-refractivity contribution in [3.05, 3.63) is 45.6 Å². The Balaban J connectivity index is 1.53. The van der Waals surface area contributed by atoms with Crippen molar-refractivity contribution in [2.45, 2.75) is 64.3 Å². The molecule has 0 bridgehead atoms. The van der Waals surface area contributed by atoms with Crippen LogP contribution in [-0.4, -0.2) is 19.0 Å². The number of rotatable bonds is 4. The summed E-state index contributed by atoms with van der Waals surface area (Å²) in [6, 6.07) is 2.13. The summed E-state index contributed by atoms with van der Waals surface area (Å²) < 4.78 is 6.96. The molecule has 0 unspecified atom stereocenters. The molecule has 2 aromatic heterocycles. The van der Waals surface area contributed by atoms with E-state index in [9.17, 15) is 9.59 Å². The number of aromatic nitrogens is 1. The summed E-state index contributed by atoms with van der Waals surface area (Å²) in [5, 5.41) is 3.63. The van der Waals surface area contributed by atoms with Gasteiger partial charge in [-0.1, -0.05) is 6.42 Å². The van der Waals surface area contributed by atoms with Gasteiger partial charge >= 0.3 is 5.97 Å². The van der Waals surface area contributed by atoms with Gasteiger partial charge in [0.25, 0.3) is 5.91 Å². The van der Waals surface area contributed by atoms with Crippen LogP contribution in [0.3, 0.4) is 0 Å². The van der Waals surface area contributed by atoms with Crippen LogP contribution in [0.5, 0.6) is 0 Å². The molecule has 0 spiro atoms. The Morgan fingerprint density at radius 2 is 1.82 bits per heavy atom. The third-order valence-corrected chi connectivity index (χ3v) is 6.94. The normalized spacial score (nSPS) is 15.9. The van der Waals surface area contributed by atoms with Gasteiger partial charge in [-0.05, 0) is 62.5 Å². The maximum Gasteiger partial charge on any atom is 0.341 e. The molecule has 0 aromatic carbocycles. The van der Waals surface area contributed by atoms with Gasteiger partial charge in [0.2, 0.25) is 6.54 Å². The number of amides is 1. The lowest BCUT2D eigenvalue weighted by Gasteiger charge is -2.13. The predicted molar refractivity (Wildman–Crippen MR) is 109 cm³/mol. The Labute approximate surface area is 169 Å². The topological polar surface area (TPSA) is 59.3 Å². The van der Waals surface area contributed by atoms with Crippen LogP contribution in [-0.2, 0) is 41.8 Å². The molecule has 0 aliphatic heterocycles. The minimum absolute atomic E-state index is 0.109. The minimum Gasteiger partial charge on any atom is -0.465 e. The lowest BCUT2D eigenvalue weighted by atomic mass is 9.93. The molecule has 28 heavy (non-hydrogen) atoms. The highest BCUT2D eigenvalue weighted by Crippen LogP contribution is 2.37. The summed E-state index contributed by atoms with van der Waals surface area (Å²) in [6.07, 6.45) is 14.0. The third kappa shape index (κ3) is 3.97. The van der Waals surface area contributed by atoms with Crippen LogP contribution in [0.15, 0.2) is 18.5 Å². The molecule has 2 aromatic rings. The van der Waals surface area contributed by atoms with Gasteiger partial charge in [0.15, 0.2) is 12.4 Å². The van der Waals surface area contributed by atoms with E-state index in [-0.39, 0.29) is 18.4 Å². The molecule has 0 fully saturated rings. The van der Waals surface area contributed by atoms with E-state index < -0.39 is 0 Å². The fourth-order valence-electron chi connectivity index (χ4n) is 4.30. The van der Waals surface area contributed by atoms with Gasteiger partial charge in [-0.3, -0.25) is 4.79 Å². The average molecular weight is 400 g/mol. The molecule has 2 heterocycles. The highest BCUT2D eigenvalue weighted by molar-refractivity contribution is 7.17. The number of hydrogen-bond acceptors (Lipinski definition) is 4. The molecular formula is C22H27N2O3S+. The molecule has 5 nitrogen and oxygen atoms in total. The largest absolute Gasteiger partial charge is 0.465 e. The highest BCUT2D eigenvalue weighted by atomic mass is 32.1. The molecule has 6 heteroatoms. The van der Waals surface area contributed by atoms with Crippen molar-refractivity contribution in [3.8, 4) is 0 Å². The standard InChI is InChI=1S/C22H26N2O3S/c1-27-22(26)20-17-9-3-2-4-10-18(17)28-21(20)23-19(25)14-24-12-11-15-7-5-6-8-16(15)13-24/h11-13H,2-10,14H2,1H3/p+1. The summed E-state index contributed by atoms with van der Waals surface area (Å²) in [6.45, 7) is 0.246. The summed E-state index contributed by atoms with van der Waals surface area (Å²) in [5.41, 5.74) is 4.39. The molecule has 0 radical (unpaired) electrons. The maximum atomic E-state index is 12.7. The van der Waals surface area contributed by atoms with E-state index in [1.807, 2.05) is 10.8 Å². The van der Waals surface area contributed by atoms with Gasteiger partial charge < -0.3 is 10.1 Å². The van der Waals surface area contributed by atoms with E-state index in [1.54, 1.807) is 0 Å². The quantitative estimate of drug-likeness (QED) is 0.485. The Hall–Kier alpha value is -2.21. The van der Waals surface area contributed by atoms with Crippen molar-refractivity contribution in [2.24, 2.45) is 0 Å². The number of anilines is 1. The lowest BCUT2D eigenvalue weighted by Crippen LogP contribution is -2.40. The fraction of sp³-hybridized carbons (Fsp3) is 0.500. The number of thiophene rings is 1. The van der Waals surface area contributed by atoms with Crippen LogP contribution in [0.2, 0.25) is 0 Å². The Kier molecular flexibility index (Phi) is 5.76. The second kappa shape index (κ2) is 8.43. The first-order chi connectivity index (χ1) is 13.7. The van der Waals surface area contributed by atoms with Crippen molar-refractivity contribution >= 4 is 28.2 Å². The lowest BCUT2D eigenvalue weighted by molar-refractivity contribution is -0.684. The van der Waals surface area contributed by atoms with E-state index in [0.717, 1.165) is 44.1 Å². The number of fused-ring (bicyclic) bond motifs is 2. The molecule has 0 saturated heterocycles. The molecular weight excluding hydrogens is 372 g/mol. The monoisotopic (exact) mass is 399 g/mol. The predicted octanol–water partition coefficient (Wildman–Crippen LogP) is 3.61. The number of esters is 1. The third-order valence-electron chi connectivity index (χ3n) is 5.73. The smallest absolute Gasteiger partial charge is 0.341 e. The van der Waals surface area contributed by atoms with Gasteiger partial charge in [0.05, 0.1) is 12.7 Å². The number of aryl methyl sites for hydroxylation is 3. The number of nitrogens with zero attached hydrogens (tertiary/aromatic N) is 1. The van der Waals surface area contributed by atoms with Crippen LogP contribution >= 0.6 is 11.3 Å². The van der Waals surface area contributed by atoms with Crippen molar-refractivity contribution in [1.82, 2.24) is 0 Å². The molecule has 2 aliphatic rings. The molecule has 2 aliphatic carbocycles. The molecule has 0 atom stereocenters. The highest BCUT2D eigenvalue weighted by Gasteiger charge is 2.27. The number of hydrogen-bond donors (Lipinski definition) is 1. The fourth-order valence-corrected chi connectivity index (χ4v) is 5.59. The van der Waals surface area contributed by atoms with Crippen molar-refractivity contribution in [3.63, 3.8) is 0 Å². The number of methoxy groups -OCH3 is 1. The Morgan fingerprint density at radius 3 is 2.64 bits per heavy atom. The zero-order valence-corrected chi connectivity index (χ0v) is 17.2. The number of carbonyl (C=O) groups is 2. The van der Waals surface area contributed by atoms with E-state index in [2.05, 4.69) is 17.6 Å². The van der Waals surface area contributed by atoms with Gasteiger partial charge in [0.1, 0.15) is 5.00 Å². The number of carbonyl (C=O) groups excluding carboxylic acids is 2. The first-order valence-electron chi connectivity index (χ1n) is 10.2. The summed E-state index contributed by atoms with van der Waals surface area (Å²) in [7, 11) is 1.40. The summed E-state index contributed by atoms with van der Waals surface area (Å²) in [4.78, 5) is 26.3. The van der Waals surface area contributed by atoms with E-state index in [4.69, 9.17) is 4.74 Å². The van der Waals surface area contributed by atoms with Crippen LogP contribution in [0.1, 0.15) is 64.0 Å². The molecule has 148 valence electrons. The van der Waals surface area contributed by atoms with Gasteiger partial charge in [-0.25, -0.2) is 4.79 Å². The SMILES string of the molecule is COC(=O)c1c(NC(=O)C[n+]2ccc3c(c2)CCCC3)sc2c1CCCCC2. The minimum atomic E-state index is -0.351. The Morgan fingerprint density at radius 1 is 1.07 bits per heavy atom. The molecule has 0 saturated carbocycles. The van der Waals surface area contributed by atoms with Crippen LogP contribution in [0.25, 0.3) is 0 Å². The first kappa shape index (κ1) is 19.1. The first-order valence-corrected chi connectivity index (χ1v) is 11.0. The van der Waals surface area contributed by atoms with E-state index in [1.165, 1.54) is 53.7 Å². The van der Waals surface area contributed by atoms with Crippen LogP contribution in [0.4, 0.5) is 5.00 Å². The summed E-state index contributed by atoms with van der Waals surface area (Å²) >= 11 is 1.54. The second-order valence-corrected chi connectivity index (χ2v) is 8.79. The zero-order chi connectivity index (χ0) is 19.5. The molecule has 1 N–H and O–H groups in total. The second-order valence-electron chi connectivity index (χ2n) is 7.68. The van der Waals surface area contributed by atoms with Crippen LogP contribution < -0.4 is 9.88 Å². The van der Waals surface area contributed by atoms with Gasteiger partial charge in [-0.15, -0.1) is 11.3 Å². The summed E-state index contributed by atoms with van der Waals surface area (Å²) in [5.74, 6) is -0.460. The maximum absolute atomic E-state index is 12.7. The average Bonchev–Trinajstić information content (AvgIpc) is 2.87. The van der Waals surface area contributed by atoms with E-state index >= 15 is 0 Å². The van der Waals surface area contributed by atoms with Gasteiger partial charge in [0, 0.05) is 16.5 Å². The van der Waals surface area contributed by atoms with Crippen molar-refractivity contribution in [2.75, 3.05) is 12.4 Å². The van der Waals surface area contributed by atoms with Crippen molar-refractivity contribution < 1.29 is 18.9 Å². The van der Waals surface area contributed by atoms with Gasteiger partial charge in [-0.2, -0.15) is 4.57 Å². The van der Waals surface area contributed by atoms with E-state index in [0.29, 0.717) is 10.6 Å². The Bertz CT molecular complexity index is 903. The van der Waals surface area contributed by atoms with Crippen LogP contribution in [0, 0.1) is 0 Å². The zero-order valence-electron chi connectivity index (χ0n) is 16.4.